The molecule has 36 heavy (non-hydrogen) atoms. The van der Waals surface area contributed by atoms with E-state index in [1.54, 1.807) is 31.4 Å². The van der Waals surface area contributed by atoms with Crippen LogP contribution >= 0.6 is 0 Å². The van der Waals surface area contributed by atoms with Crippen LogP contribution in [-0.2, 0) is 16.6 Å². The van der Waals surface area contributed by atoms with Crippen LogP contribution in [0.15, 0.2) is 108 Å². The molecule has 0 aliphatic carbocycles. The number of nitrogens with zero attached hydrogens (tertiary/aromatic N) is 2. The minimum Gasteiger partial charge on any atom is -0.497 e. The van der Waals surface area contributed by atoms with Crippen LogP contribution in [0.25, 0.3) is 22.2 Å². The van der Waals surface area contributed by atoms with Crippen molar-refractivity contribution in [1.29, 1.82) is 0 Å². The standard InChI is InChI=1S/C28H23N3O4S/c1-35-23-15-16-26-21(17-23)18-27(20-9-4-2-5-10-20)31(26)19-22-11-8-14-25(29-22)28(32)30-36(33,34)24-12-6-3-7-13-24/h2-18H,19H2,1H3,(H,30,32). The van der Waals surface area contributed by atoms with Gasteiger partial charge in [-0.05, 0) is 54.1 Å². The molecule has 2 aromatic heterocycles. The fourth-order valence-corrected chi connectivity index (χ4v) is 5.07. The minimum atomic E-state index is -4.01. The number of carbonyl (C=O) groups is 1. The van der Waals surface area contributed by atoms with Crippen molar-refractivity contribution in [2.24, 2.45) is 0 Å². The van der Waals surface area contributed by atoms with Gasteiger partial charge in [-0.15, -0.1) is 0 Å². The first-order chi connectivity index (χ1) is 17.4. The van der Waals surface area contributed by atoms with Crippen molar-refractivity contribution in [3.63, 3.8) is 0 Å². The van der Waals surface area contributed by atoms with Crippen molar-refractivity contribution in [2.75, 3.05) is 7.11 Å². The molecule has 0 aliphatic heterocycles. The van der Waals surface area contributed by atoms with Crippen LogP contribution in [-0.4, -0.2) is 31.0 Å². The van der Waals surface area contributed by atoms with Gasteiger partial charge < -0.3 is 9.30 Å². The average Bonchev–Trinajstić information content (AvgIpc) is 3.27. The van der Waals surface area contributed by atoms with E-state index in [9.17, 15) is 13.2 Å². The molecule has 7 nitrogen and oxygen atoms in total. The lowest BCUT2D eigenvalue weighted by Gasteiger charge is -2.12. The molecule has 0 aliphatic rings. The molecule has 3 aromatic carbocycles. The summed E-state index contributed by atoms with van der Waals surface area (Å²) in [6.07, 6.45) is 0. The third-order valence-electron chi connectivity index (χ3n) is 5.82. The molecule has 2 heterocycles. The van der Waals surface area contributed by atoms with Crippen molar-refractivity contribution < 1.29 is 17.9 Å². The largest absolute Gasteiger partial charge is 0.497 e. The quantitative estimate of drug-likeness (QED) is 0.346. The Labute approximate surface area is 209 Å². The maximum Gasteiger partial charge on any atom is 0.283 e. The Kier molecular flexibility index (Phi) is 6.26. The highest BCUT2D eigenvalue weighted by Crippen LogP contribution is 2.31. The predicted molar refractivity (Wildman–Crippen MR) is 138 cm³/mol. The van der Waals surface area contributed by atoms with Crippen molar-refractivity contribution in [3.05, 3.63) is 115 Å². The van der Waals surface area contributed by atoms with Gasteiger partial charge in [0.1, 0.15) is 11.4 Å². The van der Waals surface area contributed by atoms with Crippen molar-refractivity contribution in [1.82, 2.24) is 14.3 Å². The third-order valence-corrected chi connectivity index (χ3v) is 7.17. The van der Waals surface area contributed by atoms with Gasteiger partial charge in [-0.3, -0.25) is 4.79 Å². The Morgan fingerprint density at radius 2 is 1.61 bits per heavy atom. The molecular weight excluding hydrogens is 474 g/mol. The first-order valence-electron chi connectivity index (χ1n) is 11.3. The SMILES string of the molecule is COc1ccc2c(c1)cc(-c1ccccc1)n2Cc1cccc(C(=O)NS(=O)(=O)c2ccccc2)n1. The van der Waals surface area contributed by atoms with Gasteiger partial charge in [0, 0.05) is 16.6 Å². The third kappa shape index (κ3) is 4.71. The summed E-state index contributed by atoms with van der Waals surface area (Å²) in [7, 11) is -2.37. The maximum absolute atomic E-state index is 12.8. The topological polar surface area (TPSA) is 90.3 Å². The highest BCUT2D eigenvalue weighted by atomic mass is 32.2. The first kappa shape index (κ1) is 23.3. The lowest BCUT2D eigenvalue weighted by Crippen LogP contribution is -2.31. The number of nitrogens with one attached hydrogen (secondary N) is 1. The lowest BCUT2D eigenvalue weighted by atomic mass is 10.1. The van der Waals surface area contributed by atoms with E-state index < -0.39 is 15.9 Å². The van der Waals surface area contributed by atoms with E-state index in [4.69, 9.17) is 4.74 Å². The van der Waals surface area contributed by atoms with E-state index in [0.29, 0.717) is 12.2 Å². The molecule has 0 radical (unpaired) electrons. The summed E-state index contributed by atoms with van der Waals surface area (Å²) in [4.78, 5) is 17.3. The van der Waals surface area contributed by atoms with Crippen LogP contribution in [0.2, 0.25) is 0 Å². The number of hydrogen-bond donors (Lipinski definition) is 1. The highest BCUT2D eigenvalue weighted by Gasteiger charge is 2.20. The predicted octanol–water partition coefficient (Wildman–Crippen LogP) is 4.88. The number of methoxy groups -OCH3 is 1. The Morgan fingerprint density at radius 1 is 0.889 bits per heavy atom. The smallest absolute Gasteiger partial charge is 0.283 e. The Hall–Kier alpha value is -4.43. The zero-order valence-corrected chi connectivity index (χ0v) is 20.3. The fraction of sp³-hybridized carbons (Fsp3) is 0.0714. The van der Waals surface area contributed by atoms with Gasteiger partial charge in [0.25, 0.3) is 15.9 Å². The number of pyridine rings is 1. The molecule has 0 spiro atoms. The van der Waals surface area contributed by atoms with Gasteiger partial charge in [-0.1, -0.05) is 54.6 Å². The number of rotatable bonds is 7. The molecule has 0 saturated carbocycles. The van der Waals surface area contributed by atoms with Crippen LogP contribution in [0.3, 0.4) is 0 Å². The second-order valence-electron chi connectivity index (χ2n) is 8.17. The summed E-state index contributed by atoms with van der Waals surface area (Å²) in [5.41, 5.74) is 3.65. The number of hydrogen-bond acceptors (Lipinski definition) is 5. The molecule has 0 atom stereocenters. The Morgan fingerprint density at radius 3 is 2.33 bits per heavy atom. The summed E-state index contributed by atoms with van der Waals surface area (Å²) in [6, 6.07) is 30.7. The van der Waals surface area contributed by atoms with Crippen LogP contribution < -0.4 is 9.46 Å². The van der Waals surface area contributed by atoms with Crippen LogP contribution in [0.4, 0.5) is 0 Å². The molecule has 0 fully saturated rings. The van der Waals surface area contributed by atoms with Crippen molar-refractivity contribution >= 4 is 26.8 Å². The molecular formula is C28H23N3O4S. The Bertz CT molecular complexity index is 1650. The lowest BCUT2D eigenvalue weighted by molar-refractivity contribution is 0.0976. The number of amides is 1. The van der Waals surface area contributed by atoms with E-state index in [1.165, 1.54) is 18.2 Å². The molecule has 5 aromatic rings. The first-order valence-corrected chi connectivity index (χ1v) is 12.7. The van der Waals surface area contributed by atoms with Crippen LogP contribution in [0.1, 0.15) is 16.2 Å². The Balaban J connectivity index is 1.49. The van der Waals surface area contributed by atoms with Gasteiger partial charge in [-0.25, -0.2) is 18.1 Å². The number of aromatic nitrogens is 2. The molecule has 0 bridgehead atoms. The number of sulfonamides is 1. The summed E-state index contributed by atoms with van der Waals surface area (Å²) in [5, 5.41) is 1.01. The van der Waals surface area contributed by atoms with Crippen LogP contribution in [0.5, 0.6) is 5.75 Å². The monoisotopic (exact) mass is 497 g/mol. The van der Waals surface area contributed by atoms with E-state index in [1.807, 2.05) is 54.6 Å². The summed E-state index contributed by atoms with van der Waals surface area (Å²) in [6.45, 7) is 0.382. The molecule has 180 valence electrons. The zero-order valence-electron chi connectivity index (χ0n) is 19.5. The minimum absolute atomic E-state index is 0.0104. The average molecular weight is 498 g/mol. The van der Waals surface area contributed by atoms with Gasteiger partial charge >= 0.3 is 0 Å². The van der Waals surface area contributed by atoms with Crippen LogP contribution in [0, 0.1) is 0 Å². The number of benzene rings is 3. The molecule has 5 rings (SSSR count). The second kappa shape index (κ2) is 9.67. The van der Waals surface area contributed by atoms with E-state index >= 15 is 0 Å². The van der Waals surface area contributed by atoms with E-state index in [0.717, 1.165) is 27.9 Å². The summed E-state index contributed by atoms with van der Waals surface area (Å²) < 4.78 is 34.8. The molecule has 8 heteroatoms. The molecule has 0 saturated heterocycles. The fourth-order valence-electron chi connectivity index (χ4n) is 4.08. The molecule has 0 unspecified atom stereocenters. The normalized spacial score (nSPS) is 11.4. The molecule has 1 amide bonds. The van der Waals surface area contributed by atoms with E-state index in [-0.39, 0.29) is 10.6 Å². The summed E-state index contributed by atoms with van der Waals surface area (Å²) >= 11 is 0. The number of carbonyl (C=O) groups excluding carboxylic acids is 1. The highest BCUT2D eigenvalue weighted by molar-refractivity contribution is 7.90. The van der Waals surface area contributed by atoms with Gasteiger partial charge in [-0.2, -0.15) is 0 Å². The van der Waals surface area contributed by atoms with E-state index in [2.05, 4.69) is 20.3 Å². The van der Waals surface area contributed by atoms with Gasteiger partial charge in [0.05, 0.1) is 24.2 Å². The maximum atomic E-state index is 12.8. The number of ether oxygens (including phenoxy) is 1. The van der Waals surface area contributed by atoms with Crippen molar-refractivity contribution in [3.8, 4) is 17.0 Å². The zero-order chi connectivity index (χ0) is 25.1. The summed E-state index contributed by atoms with van der Waals surface area (Å²) in [5.74, 6) is -0.0261. The van der Waals surface area contributed by atoms with Gasteiger partial charge in [0.2, 0.25) is 0 Å². The van der Waals surface area contributed by atoms with Gasteiger partial charge in [0.15, 0.2) is 0 Å². The number of fused-ring (bicyclic) bond motifs is 1. The molecule has 1 N–H and O–H groups in total. The second-order valence-corrected chi connectivity index (χ2v) is 9.85. The van der Waals surface area contributed by atoms with Crippen molar-refractivity contribution in [2.45, 2.75) is 11.4 Å².